The molecule has 142 valence electrons. The van der Waals surface area contributed by atoms with E-state index in [1.54, 1.807) is 36.3 Å². The molecule has 1 N–H and O–H groups in total. The summed E-state index contributed by atoms with van der Waals surface area (Å²) < 4.78 is 5.95. The number of aliphatic hydroxyl groups is 1. The third-order valence-electron chi connectivity index (χ3n) is 4.56. The van der Waals surface area contributed by atoms with Crippen LogP contribution < -0.4 is 0 Å². The van der Waals surface area contributed by atoms with Gasteiger partial charge in [0.15, 0.2) is 0 Å². The zero-order valence-corrected chi connectivity index (χ0v) is 17.5. The van der Waals surface area contributed by atoms with Crippen molar-refractivity contribution < 1.29 is 19.4 Å². The van der Waals surface area contributed by atoms with Gasteiger partial charge in [-0.1, -0.05) is 28.1 Å². The van der Waals surface area contributed by atoms with Gasteiger partial charge in [-0.3, -0.25) is 9.59 Å². The molecule has 0 saturated carbocycles. The molecule has 0 bridgehead atoms. The summed E-state index contributed by atoms with van der Waals surface area (Å²) in [4.78, 5) is 27.9. The number of benzene rings is 1. The van der Waals surface area contributed by atoms with Crippen LogP contribution in [-0.4, -0.2) is 42.0 Å². The summed E-state index contributed by atoms with van der Waals surface area (Å²) in [6.07, 6.45) is 0.614. The van der Waals surface area contributed by atoms with Gasteiger partial charge in [-0.05, 0) is 42.5 Å². The van der Waals surface area contributed by atoms with Gasteiger partial charge < -0.3 is 14.7 Å². The summed E-state index contributed by atoms with van der Waals surface area (Å²) in [5, 5.41) is 12.8. The number of likely N-dealkylation sites (tertiary alicyclic amines) is 1. The monoisotopic (exact) mass is 449 g/mol. The molecule has 1 fully saturated rings. The lowest BCUT2D eigenvalue weighted by atomic mass is 9.98. The van der Waals surface area contributed by atoms with Gasteiger partial charge >= 0.3 is 0 Å². The number of aryl methyl sites for hydroxylation is 1. The number of aliphatic hydroxyl groups excluding tert-OH is 1. The average Bonchev–Trinajstić information content (AvgIpc) is 3.18. The molecular weight excluding hydrogens is 430 g/mol. The highest BCUT2D eigenvalue weighted by atomic mass is 79.9. The van der Waals surface area contributed by atoms with E-state index in [0.29, 0.717) is 25.1 Å². The topological polar surface area (TPSA) is 66.8 Å². The van der Waals surface area contributed by atoms with Gasteiger partial charge in [-0.15, -0.1) is 11.3 Å². The average molecular weight is 450 g/mol. The Hall–Kier alpha value is -1.96. The minimum absolute atomic E-state index is 0.144. The number of hydrogen-bond donors (Lipinski definition) is 1. The number of nitrogens with zero attached hydrogens (tertiary/aromatic N) is 1. The van der Waals surface area contributed by atoms with E-state index < -0.39 is 17.7 Å². The van der Waals surface area contributed by atoms with Crippen molar-refractivity contribution in [1.82, 2.24) is 4.90 Å². The van der Waals surface area contributed by atoms with Crippen molar-refractivity contribution in [2.24, 2.45) is 0 Å². The van der Waals surface area contributed by atoms with Gasteiger partial charge in [0, 0.05) is 35.2 Å². The Kier molecular flexibility index (Phi) is 6.14. The second kappa shape index (κ2) is 8.37. The van der Waals surface area contributed by atoms with Crippen LogP contribution in [0.3, 0.4) is 0 Å². The van der Waals surface area contributed by atoms with Gasteiger partial charge in [-0.2, -0.15) is 0 Å². The van der Waals surface area contributed by atoms with Gasteiger partial charge in [0.2, 0.25) is 0 Å². The number of ketones is 1. The summed E-state index contributed by atoms with van der Waals surface area (Å²) in [5.74, 6) is -1.37. The highest BCUT2D eigenvalue weighted by molar-refractivity contribution is 9.10. The van der Waals surface area contributed by atoms with Crippen molar-refractivity contribution in [2.75, 3.05) is 20.3 Å². The smallest absolute Gasteiger partial charge is 0.295 e. The molecule has 7 heteroatoms. The highest BCUT2D eigenvalue weighted by Gasteiger charge is 2.46. The molecule has 3 rings (SSSR count). The predicted octanol–water partition coefficient (Wildman–Crippen LogP) is 4.28. The molecule has 2 aromatic rings. The van der Waals surface area contributed by atoms with Crippen LogP contribution >= 0.6 is 27.3 Å². The number of Topliss-reactive ketones (excluding diaryl/α,β-unsaturated/α-hetero) is 1. The van der Waals surface area contributed by atoms with Crippen LogP contribution in [0, 0.1) is 6.92 Å². The maximum absolute atomic E-state index is 12.8. The minimum Gasteiger partial charge on any atom is -0.507 e. The maximum atomic E-state index is 12.8. The van der Waals surface area contributed by atoms with Crippen LogP contribution in [0.15, 0.2) is 45.8 Å². The lowest BCUT2D eigenvalue weighted by Crippen LogP contribution is -2.31. The normalized spacial score (nSPS) is 19.1. The van der Waals surface area contributed by atoms with Crippen LogP contribution in [0.5, 0.6) is 0 Å². The standard InChI is InChI=1S/C20H20BrNO4S/c1-12-8-11-27-19(12)16-15(17(23)13-4-6-14(21)7-5-13)18(24)20(25)22(16)9-3-10-26-2/h4-8,11,16,23H,3,9-10H2,1-2H3/b17-15-. The molecule has 1 aromatic heterocycles. The molecule has 1 aliphatic rings. The first-order valence-corrected chi connectivity index (χ1v) is 10.2. The van der Waals surface area contributed by atoms with E-state index in [4.69, 9.17) is 4.74 Å². The van der Waals surface area contributed by atoms with E-state index in [0.717, 1.165) is 14.9 Å². The Balaban J connectivity index is 2.10. The summed E-state index contributed by atoms with van der Waals surface area (Å²) in [6.45, 7) is 2.82. The maximum Gasteiger partial charge on any atom is 0.295 e. The summed E-state index contributed by atoms with van der Waals surface area (Å²) in [6, 6.07) is 8.39. The number of thiophene rings is 1. The minimum atomic E-state index is -0.648. The molecule has 0 aliphatic carbocycles. The van der Waals surface area contributed by atoms with E-state index in [2.05, 4.69) is 15.9 Å². The fraction of sp³-hybridized carbons (Fsp3) is 0.300. The molecular formula is C20H20BrNO4S. The molecule has 1 saturated heterocycles. The highest BCUT2D eigenvalue weighted by Crippen LogP contribution is 2.42. The fourth-order valence-corrected chi connectivity index (χ4v) is 4.50. The number of ether oxygens (including phenoxy) is 1. The summed E-state index contributed by atoms with van der Waals surface area (Å²) in [5.41, 5.74) is 1.64. The zero-order valence-electron chi connectivity index (χ0n) is 15.1. The molecule has 27 heavy (non-hydrogen) atoms. The zero-order chi connectivity index (χ0) is 19.6. The van der Waals surface area contributed by atoms with Crippen molar-refractivity contribution in [3.63, 3.8) is 0 Å². The van der Waals surface area contributed by atoms with Crippen molar-refractivity contribution in [3.05, 3.63) is 61.8 Å². The lowest BCUT2D eigenvalue weighted by molar-refractivity contribution is -0.140. The number of rotatable bonds is 6. The SMILES string of the molecule is COCCCN1C(=O)C(=O)/C(=C(\O)c2ccc(Br)cc2)C1c1sccc1C. The van der Waals surface area contributed by atoms with Crippen molar-refractivity contribution in [3.8, 4) is 0 Å². The van der Waals surface area contributed by atoms with E-state index in [1.807, 2.05) is 18.4 Å². The molecule has 1 amide bonds. The first-order chi connectivity index (χ1) is 13.0. The van der Waals surface area contributed by atoms with Crippen molar-refractivity contribution in [2.45, 2.75) is 19.4 Å². The molecule has 0 spiro atoms. The number of carbonyl (C=O) groups is 2. The van der Waals surface area contributed by atoms with Gasteiger partial charge in [-0.25, -0.2) is 0 Å². The van der Waals surface area contributed by atoms with Crippen LogP contribution in [0.1, 0.15) is 28.5 Å². The second-order valence-corrected chi connectivity index (χ2v) is 8.18. The van der Waals surface area contributed by atoms with Crippen LogP contribution in [0.25, 0.3) is 5.76 Å². The molecule has 5 nitrogen and oxygen atoms in total. The molecule has 1 aliphatic heterocycles. The third-order valence-corrected chi connectivity index (χ3v) is 6.16. The Bertz CT molecular complexity index is 888. The lowest BCUT2D eigenvalue weighted by Gasteiger charge is -2.24. The Morgan fingerprint density at radius 3 is 2.56 bits per heavy atom. The first kappa shape index (κ1) is 19.8. The number of halogens is 1. The van der Waals surface area contributed by atoms with Gasteiger partial charge in [0.1, 0.15) is 5.76 Å². The van der Waals surface area contributed by atoms with E-state index >= 15 is 0 Å². The number of hydrogen-bond acceptors (Lipinski definition) is 5. The predicted molar refractivity (Wildman–Crippen MR) is 109 cm³/mol. The molecule has 1 atom stereocenters. The van der Waals surface area contributed by atoms with Crippen LogP contribution in [0.4, 0.5) is 0 Å². The second-order valence-electron chi connectivity index (χ2n) is 6.31. The Morgan fingerprint density at radius 2 is 1.96 bits per heavy atom. The van der Waals surface area contributed by atoms with E-state index in [-0.39, 0.29) is 11.3 Å². The Morgan fingerprint density at radius 1 is 1.26 bits per heavy atom. The van der Waals surface area contributed by atoms with Gasteiger partial charge in [0.05, 0.1) is 11.6 Å². The van der Waals surface area contributed by atoms with Gasteiger partial charge in [0.25, 0.3) is 11.7 Å². The van der Waals surface area contributed by atoms with Crippen LogP contribution in [-0.2, 0) is 14.3 Å². The molecule has 2 heterocycles. The van der Waals surface area contributed by atoms with E-state index in [9.17, 15) is 14.7 Å². The summed E-state index contributed by atoms with van der Waals surface area (Å²) >= 11 is 4.84. The quantitative estimate of drug-likeness (QED) is 0.309. The molecule has 0 radical (unpaired) electrons. The molecule has 1 unspecified atom stereocenters. The van der Waals surface area contributed by atoms with E-state index in [1.165, 1.54) is 11.3 Å². The number of carbonyl (C=O) groups excluding carboxylic acids is 2. The Labute approximate surface area is 170 Å². The fourth-order valence-electron chi connectivity index (χ4n) is 3.19. The number of methoxy groups -OCH3 is 1. The number of amides is 1. The molecule has 1 aromatic carbocycles. The van der Waals surface area contributed by atoms with Crippen molar-refractivity contribution in [1.29, 1.82) is 0 Å². The van der Waals surface area contributed by atoms with Crippen molar-refractivity contribution >= 4 is 44.7 Å². The van der Waals surface area contributed by atoms with Crippen LogP contribution in [0.2, 0.25) is 0 Å². The summed E-state index contributed by atoms with van der Waals surface area (Å²) in [7, 11) is 1.60. The third kappa shape index (κ3) is 3.85. The largest absolute Gasteiger partial charge is 0.507 e. The first-order valence-electron chi connectivity index (χ1n) is 8.53.